The second kappa shape index (κ2) is 7.48. The number of carbonyl (C=O) groups excluding carboxylic acids is 1. The molecule has 0 aliphatic heterocycles. The van der Waals surface area contributed by atoms with E-state index in [1.165, 1.54) is 0 Å². The van der Waals surface area contributed by atoms with Crippen molar-refractivity contribution in [3.63, 3.8) is 0 Å². The molecule has 1 N–H and O–H groups in total. The first kappa shape index (κ1) is 15.9. The van der Waals surface area contributed by atoms with E-state index in [2.05, 4.69) is 5.32 Å². The Hall–Kier alpha value is -2.51. The first-order valence-corrected chi connectivity index (χ1v) is 7.21. The van der Waals surface area contributed by atoms with Gasteiger partial charge in [-0.3, -0.25) is 4.79 Å². The summed E-state index contributed by atoms with van der Waals surface area (Å²) in [6.45, 7) is 1.91. The van der Waals surface area contributed by atoms with Crippen molar-refractivity contribution in [2.45, 2.75) is 13.3 Å². The summed E-state index contributed by atoms with van der Waals surface area (Å²) < 4.78 is 5.46. The molecule has 112 valence electrons. The summed E-state index contributed by atoms with van der Waals surface area (Å²) in [5.41, 5.74) is 2.15. The number of carbonyl (C=O) groups is 1. The monoisotopic (exact) mass is 314 g/mol. The third kappa shape index (κ3) is 4.24. The number of anilines is 1. The minimum atomic E-state index is -0.266. The van der Waals surface area contributed by atoms with Crippen molar-refractivity contribution >= 4 is 23.2 Å². The van der Waals surface area contributed by atoms with Gasteiger partial charge in [-0.05, 0) is 54.4 Å². The molecule has 2 aromatic rings. The molecule has 0 spiro atoms. The molecule has 0 saturated heterocycles. The SMILES string of the molecule is CCc1cc(OCC(=O)Nc2ccc(C#N)cc2)ccc1Cl. The molecule has 0 aromatic heterocycles. The molecule has 0 fully saturated rings. The Labute approximate surface area is 134 Å². The minimum absolute atomic E-state index is 0.0925. The standard InChI is InChI=1S/C17H15ClN2O2/c1-2-13-9-15(7-8-16(13)18)22-11-17(21)20-14-5-3-12(10-19)4-6-14/h3-9H,2,11H2,1H3,(H,20,21). The number of amides is 1. The molecule has 0 unspecified atom stereocenters. The summed E-state index contributed by atoms with van der Waals surface area (Å²) in [4.78, 5) is 11.8. The topological polar surface area (TPSA) is 62.1 Å². The Bertz CT molecular complexity index is 706. The number of halogens is 1. The molecule has 0 saturated carbocycles. The van der Waals surface area contributed by atoms with E-state index in [9.17, 15) is 4.79 Å². The lowest BCUT2D eigenvalue weighted by Gasteiger charge is -2.09. The lowest BCUT2D eigenvalue weighted by atomic mass is 10.1. The molecule has 0 aliphatic carbocycles. The number of nitriles is 1. The minimum Gasteiger partial charge on any atom is -0.484 e. The van der Waals surface area contributed by atoms with Gasteiger partial charge in [0.2, 0.25) is 0 Å². The zero-order chi connectivity index (χ0) is 15.9. The summed E-state index contributed by atoms with van der Waals surface area (Å²) in [7, 11) is 0. The third-order valence-electron chi connectivity index (χ3n) is 3.07. The highest BCUT2D eigenvalue weighted by atomic mass is 35.5. The quantitative estimate of drug-likeness (QED) is 0.913. The summed E-state index contributed by atoms with van der Waals surface area (Å²) in [5, 5.41) is 12.1. The van der Waals surface area contributed by atoms with Gasteiger partial charge in [0.15, 0.2) is 6.61 Å². The van der Waals surface area contributed by atoms with Gasteiger partial charge in [0.25, 0.3) is 5.91 Å². The lowest BCUT2D eigenvalue weighted by molar-refractivity contribution is -0.118. The number of benzene rings is 2. The van der Waals surface area contributed by atoms with E-state index < -0.39 is 0 Å². The Morgan fingerprint density at radius 3 is 2.64 bits per heavy atom. The van der Waals surface area contributed by atoms with E-state index in [1.54, 1.807) is 36.4 Å². The van der Waals surface area contributed by atoms with Gasteiger partial charge in [0.05, 0.1) is 11.6 Å². The average Bonchev–Trinajstić information content (AvgIpc) is 2.55. The van der Waals surface area contributed by atoms with Gasteiger partial charge in [-0.2, -0.15) is 5.26 Å². The van der Waals surface area contributed by atoms with Crippen LogP contribution in [0.4, 0.5) is 5.69 Å². The van der Waals surface area contributed by atoms with Crippen LogP contribution in [-0.2, 0) is 11.2 Å². The van der Waals surface area contributed by atoms with Gasteiger partial charge in [-0.1, -0.05) is 18.5 Å². The van der Waals surface area contributed by atoms with E-state index in [0.717, 1.165) is 12.0 Å². The van der Waals surface area contributed by atoms with Crippen LogP contribution in [-0.4, -0.2) is 12.5 Å². The summed E-state index contributed by atoms with van der Waals surface area (Å²) in [6, 6.07) is 14.0. The number of hydrogen-bond acceptors (Lipinski definition) is 3. The van der Waals surface area contributed by atoms with E-state index >= 15 is 0 Å². The fraction of sp³-hybridized carbons (Fsp3) is 0.176. The van der Waals surface area contributed by atoms with E-state index in [-0.39, 0.29) is 12.5 Å². The second-order valence-electron chi connectivity index (χ2n) is 4.63. The van der Waals surface area contributed by atoms with E-state index in [4.69, 9.17) is 21.6 Å². The molecule has 0 aliphatic rings. The van der Waals surface area contributed by atoms with Crippen molar-refractivity contribution in [3.05, 3.63) is 58.6 Å². The Morgan fingerprint density at radius 2 is 2.00 bits per heavy atom. The number of ether oxygens (including phenoxy) is 1. The Kier molecular flexibility index (Phi) is 5.40. The predicted molar refractivity (Wildman–Crippen MR) is 86.1 cm³/mol. The largest absolute Gasteiger partial charge is 0.484 e. The van der Waals surface area contributed by atoms with Crippen LogP contribution in [0.3, 0.4) is 0 Å². The van der Waals surface area contributed by atoms with Gasteiger partial charge < -0.3 is 10.1 Å². The Morgan fingerprint density at radius 1 is 1.27 bits per heavy atom. The van der Waals surface area contributed by atoms with Crippen LogP contribution in [0.2, 0.25) is 5.02 Å². The van der Waals surface area contributed by atoms with Crippen LogP contribution >= 0.6 is 11.6 Å². The van der Waals surface area contributed by atoms with Crippen molar-refractivity contribution in [2.75, 3.05) is 11.9 Å². The van der Waals surface area contributed by atoms with Crippen LogP contribution in [0.1, 0.15) is 18.1 Å². The molecule has 1 amide bonds. The molecular formula is C17H15ClN2O2. The van der Waals surface area contributed by atoms with Crippen molar-refractivity contribution in [3.8, 4) is 11.8 Å². The molecule has 0 radical (unpaired) electrons. The highest BCUT2D eigenvalue weighted by Gasteiger charge is 2.06. The van der Waals surface area contributed by atoms with Gasteiger partial charge in [-0.25, -0.2) is 0 Å². The smallest absolute Gasteiger partial charge is 0.262 e. The molecule has 0 atom stereocenters. The maximum absolute atomic E-state index is 11.8. The molecule has 4 nitrogen and oxygen atoms in total. The number of aryl methyl sites for hydroxylation is 1. The first-order valence-electron chi connectivity index (χ1n) is 6.83. The first-order chi connectivity index (χ1) is 10.6. The average molecular weight is 315 g/mol. The van der Waals surface area contributed by atoms with Crippen LogP contribution in [0.15, 0.2) is 42.5 Å². The van der Waals surface area contributed by atoms with Crippen LogP contribution in [0.5, 0.6) is 5.75 Å². The Balaban J connectivity index is 1.91. The van der Waals surface area contributed by atoms with Crippen molar-refractivity contribution in [1.29, 1.82) is 5.26 Å². The maximum atomic E-state index is 11.8. The summed E-state index contributed by atoms with van der Waals surface area (Å²) in [5.74, 6) is 0.342. The number of nitrogens with one attached hydrogen (secondary N) is 1. The predicted octanol–water partition coefficient (Wildman–Crippen LogP) is 3.79. The number of rotatable bonds is 5. The second-order valence-corrected chi connectivity index (χ2v) is 5.04. The van der Waals surface area contributed by atoms with Crippen molar-refractivity contribution < 1.29 is 9.53 Å². The maximum Gasteiger partial charge on any atom is 0.262 e. The third-order valence-corrected chi connectivity index (χ3v) is 3.43. The zero-order valence-electron chi connectivity index (χ0n) is 12.1. The van der Waals surface area contributed by atoms with Crippen LogP contribution in [0, 0.1) is 11.3 Å². The molecule has 2 aromatic carbocycles. The normalized spacial score (nSPS) is 9.86. The van der Waals surface area contributed by atoms with Gasteiger partial charge >= 0.3 is 0 Å². The molecule has 0 bridgehead atoms. The number of hydrogen-bond donors (Lipinski definition) is 1. The van der Waals surface area contributed by atoms with Crippen molar-refractivity contribution in [1.82, 2.24) is 0 Å². The van der Waals surface area contributed by atoms with Gasteiger partial charge in [-0.15, -0.1) is 0 Å². The molecular weight excluding hydrogens is 300 g/mol. The van der Waals surface area contributed by atoms with Crippen LogP contribution < -0.4 is 10.1 Å². The van der Waals surface area contributed by atoms with Gasteiger partial charge in [0.1, 0.15) is 5.75 Å². The lowest BCUT2D eigenvalue weighted by Crippen LogP contribution is -2.20. The fourth-order valence-electron chi connectivity index (χ4n) is 1.89. The fourth-order valence-corrected chi connectivity index (χ4v) is 2.14. The summed E-state index contributed by atoms with van der Waals surface area (Å²) in [6.07, 6.45) is 0.799. The number of nitrogens with zero attached hydrogens (tertiary/aromatic N) is 1. The summed E-state index contributed by atoms with van der Waals surface area (Å²) >= 11 is 6.03. The highest BCUT2D eigenvalue weighted by molar-refractivity contribution is 6.31. The molecule has 2 rings (SSSR count). The van der Waals surface area contributed by atoms with E-state index in [1.807, 2.05) is 19.1 Å². The van der Waals surface area contributed by atoms with Crippen molar-refractivity contribution in [2.24, 2.45) is 0 Å². The van der Waals surface area contributed by atoms with Gasteiger partial charge in [0, 0.05) is 10.7 Å². The highest BCUT2D eigenvalue weighted by Crippen LogP contribution is 2.22. The molecule has 5 heteroatoms. The van der Waals surface area contributed by atoms with E-state index in [0.29, 0.717) is 22.0 Å². The zero-order valence-corrected chi connectivity index (χ0v) is 12.9. The van der Waals surface area contributed by atoms with Crippen LogP contribution in [0.25, 0.3) is 0 Å². The molecule has 22 heavy (non-hydrogen) atoms. The molecule has 0 heterocycles.